The summed E-state index contributed by atoms with van der Waals surface area (Å²) in [6.45, 7) is 0.383. The number of nitrogens with two attached hydrogens (primary N) is 1. The Morgan fingerprint density at radius 3 is 2.58 bits per heavy atom. The third-order valence-corrected chi connectivity index (χ3v) is 2.78. The molecule has 5 heteroatoms. The molecular formula is C7H12ClF2NO. The van der Waals surface area contributed by atoms with Crippen LogP contribution in [0.15, 0.2) is 0 Å². The highest BCUT2D eigenvalue weighted by Crippen LogP contribution is 2.64. The van der Waals surface area contributed by atoms with Crippen molar-refractivity contribution in [2.45, 2.75) is 24.4 Å². The molecule has 0 unspecified atom stereocenters. The van der Waals surface area contributed by atoms with Crippen LogP contribution in [0.25, 0.3) is 0 Å². The average Bonchev–Trinajstić information content (AvgIpc) is 2.52. The quantitative estimate of drug-likeness (QED) is 0.689. The van der Waals surface area contributed by atoms with Gasteiger partial charge in [0.15, 0.2) is 5.60 Å². The van der Waals surface area contributed by atoms with Gasteiger partial charge < -0.3 is 10.5 Å². The molecule has 12 heavy (non-hydrogen) atoms. The molecule has 2 rings (SSSR count). The third-order valence-electron chi connectivity index (χ3n) is 2.78. The van der Waals surface area contributed by atoms with Crippen LogP contribution in [-0.2, 0) is 4.74 Å². The lowest BCUT2D eigenvalue weighted by Gasteiger charge is -2.18. The molecule has 2 atom stereocenters. The van der Waals surface area contributed by atoms with Gasteiger partial charge in [-0.2, -0.15) is 0 Å². The second kappa shape index (κ2) is 2.79. The molecule has 0 aromatic rings. The minimum Gasteiger partial charge on any atom is -0.367 e. The number of halogens is 3. The van der Waals surface area contributed by atoms with Crippen molar-refractivity contribution < 1.29 is 13.5 Å². The number of fused-ring (bicyclic) bond motifs is 1. The predicted octanol–water partition coefficient (Wildman–Crippen LogP) is 1.18. The molecule has 0 aromatic carbocycles. The Labute approximate surface area is 75.9 Å². The molecule has 1 aliphatic heterocycles. The second-order valence-electron chi connectivity index (χ2n) is 3.26. The lowest BCUT2D eigenvalue weighted by Crippen LogP contribution is -2.34. The molecule has 1 saturated carbocycles. The number of alkyl halides is 2. The molecule has 0 radical (unpaired) electrons. The van der Waals surface area contributed by atoms with Crippen LogP contribution in [0.3, 0.4) is 0 Å². The lowest BCUT2D eigenvalue weighted by atomic mass is 10.1. The van der Waals surface area contributed by atoms with E-state index in [1.54, 1.807) is 0 Å². The van der Waals surface area contributed by atoms with E-state index in [4.69, 9.17) is 10.5 Å². The van der Waals surface area contributed by atoms with Crippen molar-refractivity contribution in [3.05, 3.63) is 0 Å². The van der Waals surface area contributed by atoms with Gasteiger partial charge in [0.05, 0.1) is 5.92 Å². The third kappa shape index (κ3) is 0.916. The van der Waals surface area contributed by atoms with Gasteiger partial charge in [-0.05, 0) is 12.8 Å². The highest BCUT2D eigenvalue weighted by Gasteiger charge is 2.81. The van der Waals surface area contributed by atoms with Crippen molar-refractivity contribution >= 4 is 12.4 Å². The topological polar surface area (TPSA) is 35.2 Å². The van der Waals surface area contributed by atoms with Crippen LogP contribution in [0.5, 0.6) is 0 Å². The molecular weight excluding hydrogens is 188 g/mol. The van der Waals surface area contributed by atoms with Gasteiger partial charge in [0.2, 0.25) is 0 Å². The van der Waals surface area contributed by atoms with Crippen LogP contribution in [0.2, 0.25) is 0 Å². The molecule has 1 heterocycles. The zero-order valence-corrected chi connectivity index (χ0v) is 7.37. The number of hydrogen-bond donors (Lipinski definition) is 1. The number of ether oxygens (including phenoxy) is 1. The lowest BCUT2D eigenvalue weighted by molar-refractivity contribution is -0.0542. The maximum atomic E-state index is 13.0. The summed E-state index contributed by atoms with van der Waals surface area (Å²) < 4.78 is 30.9. The standard InChI is InChI=1S/C7H11F2NO.ClH/c8-7(9)5-2-1-3-11-6(5,7)4-10;/h5H,1-4,10H2;1H/t5-,6+;/m1./s1. The maximum absolute atomic E-state index is 13.0. The molecule has 1 aliphatic carbocycles. The summed E-state index contributed by atoms with van der Waals surface area (Å²) in [6.07, 6.45) is 1.30. The van der Waals surface area contributed by atoms with Crippen molar-refractivity contribution in [2.75, 3.05) is 13.2 Å². The first-order chi connectivity index (χ1) is 5.15. The Kier molecular flexibility index (Phi) is 2.36. The molecule has 1 saturated heterocycles. The van der Waals surface area contributed by atoms with E-state index in [1.807, 2.05) is 0 Å². The van der Waals surface area contributed by atoms with Crippen LogP contribution in [-0.4, -0.2) is 24.7 Å². The van der Waals surface area contributed by atoms with E-state index < -0.39 is 17.4 Å². The van der Waals surface area contributed by atoms with Gasteiger partial charge in [0.1, 0.15) is 0 Å². The second-order valence-corrected chi connectivity index (χ2v) is 3.26. The fraction of sp³-hybridized carbons (Fsp3) is 1.00. The normalized spacial score (nSPS) is 42.8. The summed E-state index contributed by atoms with van der Waals surface area (Å²) in [5.74, 6) is -3.26. The maximum Gasteiger partial charge on any atom is 0.283 e. The fourth-order valence-electron chi connectivity index (χ4n) is 2.00. The van der Waals surface area contributed by atoms with Gasteiger partial charge >= 0.3 is 0 Å². The fourth-order valence-corrected chi connectivity index (χ4v) is 2.00. The van der Waals surface area contributed by atoms with Crippen molar-refractivity contribution in [3.63, 3.8) is 0 Å². The summed E-state index contributed by atoms with van der Waals surface area (Å²) in [4.78, 5) is 0. The van der Waals surface area contributed by atoms with Gasteiger partial charge in [-0.1, -0.05) is 0 Å². The summed E-state index contributed by atoms with van der Waals surface area (Å²) >= 11 is 0. The summed E-state index contributed by atoms with van der Waals surface area (Å²) in [7, 11) is 0. The Balaban J connectivity index is 0.000000720. The first kappa shape index (κ1) is 10.2. The highest BCUT2D eigenvalue weighted by atomic mass is 35.5. The summed E-state index contributed by atoms with van der Waals surface area (Å²) in [5, 5.41) is 0. The predicted molar refractivity (Wildman–Crippen MR) is 42.7 cm³/mol. The van der Waals surface area contributed by atoms with Crippen molar-refractivity contribution in [1.29, 1.82) is 0 Å². The van der Waals surface area contributed by atoms with Gasteiger partial charge in [0.25, 0.3) is 5.92 Å². The first-order valence-electron chi connectivity index (χ1n) is 3.87. The molecule has 72 valence electrons. The van der Waals surface area contributed by atoms with Crippen molar-refractivity contribution in [2.24, 2.45) is 11.7 Å². The molecule has 2 N–H and O–H groups in total. The first-order valence-corrected chi connectivity index (χ1v) is 3.87. The highest BCUT2D eigenvalue weighted by molar-refractivity contribution is 5.85. The van der Waals surface area contributed by atoms with E-state index in [-0.39, 0.29) is 19.0 Å². The van der Waals surface area contributed by atoms with Crippen LogP contribution < -0.4 is 5.73 Å². The Morgan fingerprint density at radius 2 is 2.17 bits per heavy atom. The number of rotatable bonds is 1. The Morgan fingerprint density at radius 1 is 1.50 bits per heavy atom. The largest absolute Gasteiger partial charge is 0.367 e. The zero-order chi connectivity index (χ0) is 8.11. The van der Waals surface area contributed by atoms with Crippen molar-refractivity contribution in [3.8, 4) is 0 Å². The summed E-state index contributed by atoms with van der Waals surface area (Å²) in [5.41, 5.74) is 3.98. The molecule has 0 aromatic heterocycles. The molecule has 0 bridgehead atoms. The van der Waals surface area contributed by atoms with E-state index in [2.05, 4.69) is 0 Å². The Bertz CT molecular complexity index is 190. The van der Waals surface area contributed by atoms with Crippen LogP contribution in [0.4, 0.5) is 8.78 Å². The average molecular weight is 200 g/mol. The smallest absolute Gasteiger partial charge is 0.283 e. The van der Waals surface area contributed by atoms with Crippen LogP contribution >= 0.6 is 12.4 Å². The van der Waals surface area contributed by atoms with Crippen LogP contribution in [0, 0.1) is 5.92 Å². The molecule has 2 fully saturated rings. The van der Waals surface area contributed by atoms with Gasteiger partial charge in [-0.3, -0.25) is 0 Å². The number of hydrogen-bond acceptors (Lipinski definition) is 2. The van der Waals surface area contributed by atoms with Gasteiger partial charge in [0, 0.05) is 13.2 Å². The van der Waals surface area contributed by atoms with E-state index in [0.717, 1.165) is 6.42 Å². The minimum atomic E-state index is -2.65. The molecule has 0 spiro atoms. The SMILES string of the molecule is Cl.NC[C@]12OCCC[C@H]1C2(F)F. The monoisotopic (exact) mass is 199 g/mol. The molecule has 0 amide bonds. The van der Waals surface area contributed by atoms with E-state index in [1.165, 1.54) is 0 Å². The van der Waals surface area contributed by atoms with Crippen LogP contribution in [0.1, 0.15) is 12.8 Å². The Hall–Kier alpha value is 0.0700. The van der Waals surface area contributed by atoms with E-state index in [9.17, 15) is 8.78 Å². The zero-order valence-electron chi connectivity index (χ0n) is 6.56. The van der Waals surface area contributed by atoms with E-state index >= 15 is 0 Å². The van der Waals surface area contributed by atoms with E-state index in [0.29, 0.717) is 13.0 Å². The summed E-state index contributed by atoms with van der Waals surface area (Å²) in [6, 6.07) is 0. The molecule has 2 nitrogen and oxygen atoms in total. The van der Waals surface area contributed by atoms with Crippen molar-refractivity contribution in [1.82, 2.24) is 0 Å². The minimum absolute atomic E-state index is 0. The van der Waals surface area contributed by atoms with Gasteiger partial charge in [-0.25, -0.2) is 8.78 Å². The van der Waals surface area contributed by atoms with Gasteiger partial charge in [-0.15, -0.1) is 12.4 Å². The molecule has 2 aliphatic rings.